The average molecular weight is 319 g/mol. The zero-order valence-electron chi connectivity index (χ0n) is 14.6. The van der Waals surface area contributed by atoms with Gasteiger partial charge in [0.1, 0.15) is 5.60 Å². The molecular weight excluding hydrogens is 290 g/mol. The summed E-state index contributed by atoms with van der Waals surface area (Å²) in [5.74, 6) is 0. The summed E-state index contributed by atoms with van der Waals surface area (Å²) >= 11 is 0. The van der Waals surface area contributed by atoms with E-state index in [1.807, 2.05) is 13.0 Å². The molecule has 1 aromatic heterocycles. The first-order valence-corrected chi connectivity index (χ1v) is 8.60. The summed E-state index contributed by atoms with van der Waals surface area (Å²) < 4.78 is 12.3. The normalized spacial score (nSPS) is 29.3. The number of rotatable bonds is 4. The third-order valence-electron chi connectivity index (χ3n) is 4.67. The topological polar surface area (TPSA) is 37.8 Å². The summed E-state index contributed by atoms with van der Waals surface area (Å²) in [5, 5.41) is 0. The van der Waals surface area contributed by atoms with E-state index in [4.69, 9.17) is 9.47 Å². The van der Waals surface area contributed by atoms with Gasteiger partial charge in [0.15, 0.2) is 0 Å². The molecule has 128 valence electrons. The summed E-state index contributed by atoms with van der Waals surface area (Å²) in [7, 11) is 4.21. The van der Waals surface area contributed by atoms with Crippen LogP contribution in [0.25, 0.3) is 0 Å². The van der Waals surface area contributed by atoms with Crippen molar-refractivity contribution in [3.05, 3.63) is 29.6 Å². The lowest BCUT2D eigenvalue weighted by molar-refractivity contribution is -0.0902. The minimum absolute atomic E-state index is 0.138. The largest absolute Gasteiger partial charge is 0.377 e. The summed E-state index contributed by atoms with van der Waals surface area (Å²) in [6.45, 7) is 7.27. The van der Waals surface area contributed by atoms with Crippen LogP contribution in [-0.2, 0) is 16.0 Å². The highest BCUT2D eigenvalue weighted by atomic mass is 16.6. The molecule has 1 aromatic rings. The van der Waals surface area contributed by atoms with E-state index in [1.165, 1.54) is 0 Å². The van der Waals surface area contributed by atoms with Crippen LogP contribution in [0.2, 0.25) is 0 Å². The zero-order chi connectivity index (χ0) is 16.3. The van der Waals surface area contributed by atoms with Crippen LogP contribution in [0.1, 0.15) is 24.2 Å². The van der Waals surface area contributed by atoms with Gasteiger partial charge in [-0.15, -0.1) is 0 Å². The van der Waals surface area contributed by atoms with Crippen molar-refractivity contribution >= 4 is 0 Å². The number of aryl methyl sites for hydroxylation is 1. The minimum atomic E-state index is -0.138. The van der Waals surface area contributed by atoms with Gasteiger partial charge in [0.25, 0.3) is 0 Å². The smallest absolute Gasteiger partial charge is 0.105 e. The van der Waals surface area contributed by atoms with Gasteiger partial charge in [-0.3, -0.25) is 9.88 Å². The van der Waals surface area contributed by atoms with Crippen molar-refractivity contribution in [1.82, 2.24) is 14.8 Å². The van der Waals surface area contributed by atoms with Crippen molar-refractivity contribution in [2.45, 2.75) is 38.0 Å². The van der Waals surface area contributed by atoms with E-state index in [1.54, 1.807) is 0 Å². The number of aromatic nitrogens is 1. The molecule has 0 amide bonds. The van der Waals surface area contributed by atoms with Crippen LogP contribution in [-0.4, -0.2) is 73.4 Å². The van der Waals surface area contributed by atoms with Gasteiger partial charge in [0.2, 0.25) is 0 Å². The molecule has 0 aliphatic carbocycles. The number of hydrogen-bond donors (Lipinski definition) is 0. The Balaban J connectivity index is 1.64. The van der Waals surface area contributed by atoms with Crippen LogP contribution >= 0.6 is 0 Å². The maximum Gasteiger partial charge on any atom is 0.105 e. The van der Waals surface area contributed by atoms with Gasteiger partial charge in [0, 0.05) is 31.9 Å². The molecule has 0 radical (unpaired) electrons. The molecule has 5 nitrogen and oxygen atoms in total. The lowest BCUT2D eigenvalue weighted by atomic mass is 10.00. The second-order valence-electron chi connectivity index (χ2n) is 7.26. The number of nitrogens with zero attached hydrogens (tertiary/aromatic N) is 3. The highest BCUT2D eigenvalue weighted by Crippen LogP contribution is 2.33. The molecule has 0 aromatic carbocycles. The molecule has 0 N–H and O–H groups in total. The molecule has 5 heteroatoms. The molecule has 0 unspecified atom stereocenters. The van der Waals surface area contributed by atoms with Crippen molar-refractivity contribution in [3.63, 3.8) is 0 Å². The Bertz CT molecular complexity index is 523. The maximum absolute atomic E-state index is 6.44. The van der Waals surface area contributed by atoms with Crippen molar-refractivity contribution in [3.8, 4) is 0 Å². The Kier molecular flexibility index (Phi) is 5.31. The molecule has 23 heavy (non-hydrogen) atoms. The Labute approximate surface area is 139 Å². The predicted molar refractivity (Wildman–Crippen MR) is 90.5 cm³/mol. The molecular formula is C18H29N3O2. The van der Waals surface area contributed by atoms with Crippen molar-refractivity contribution in [1.29, 1.82) is 0 Å². The predicted octanol–water partition coefficient (Wildman–Crippen LogP) is 1.70. The average Bonchev–Trinajstić information content (AvgIpc) is 2.74. The fraction of sp³-hybridized carbons (Fsp3) is 0.722. The molecule has 2 aliphatic heterocycles. The molecule has 2 fully saturated rings. The van der Waals surface area contributed by atoms with E-state index >= 15 is 0 Å². The SMILES string of the molecule is Cc1cccc(CN2CCOC[C@]3(CC[C@H](CN(C)C)O3)C2)n1. The maximum atomic E-state index is 6.44. The van der Waals surface area contributed by atoms with Crippen molar-refractivity contribution < 1.29 is 9.47 Å². The lowest BCUT2D eigenvalue weighted by Gasteiger charge is -2.32. The Morgan fingerprint density at radius 2 is 2.26 bits per heavy atom. The molecule has 2 atom stereocenters. The van der Waals surface area contributed by atoms with E-state index in [0.717, 1.165) is 57.0 Å². The van der Waals surface area contributed by atoms with Gasteiger partial charge >= 0.3 is 0 Å². The van der Waals surface area contributed by atoms with Gasteiger partial charge in [-0.1, -0.05) is 6.07 Å². The third kappa shape index (κ3) is 4.51. The highest BCUT2D eigenvalue weighted by Gasteiger charge is 2.43. The molecule has 0 bridgehead atoms. The van der Waals surface area contributed by atoms with E-state index in [2.05, 4.69) is 41.0 Å². The number of pyridine rings is 1. The first-order chi connectivity index (χ1) is 11.0. The van der Waals surface area contributed by atoms with Crippen LogP contribution in [0.3, 0.4) is 0 Å². The summed E-state index contributed by atoms with van der Waals surface area (Å²) in [6.07, 6.45) is 2.53. The number of likely N-dealkylation sites (N-methyl/N-ethyl adjacent to an activating group) is 1. The molecule has 0 saturated carbocycles. The van der Waals surface area contributed by atoms with Crippen LogP contribution in [0, 0.1) is 6.92 Å². The Morgan fingerprint density at radius 3 is 3.04 bits per heavy atom. The van der Waals surface area contributed by atoms with Gasteiger partial charge in [-0.05, 0) is 46.0 Å². The zero-order valence-corrected chi connectivity index (χ0v) is 14.6. The van der Waals surface area contributed by atoms with Crippen LogP contribution < -0.4 is 0 Å². The molecule has 1 spiro atoms. The van der Waals surface area contributed by atoms with Gasteiger partial charge < -0.3 is 14.4 Å². The fourth-order valence-corrected chi connectivity index (χ4v) is 3.69. The van der Waals surface area contributed by atoms with Crippen molar-refractivity contribution in [2.24, 2.45) is 0 Å². The Morgan fingerprint density at radius 1 is 1.39 bits per heavy atom. The van der Waals surface area contributed by atoms with E-state index in [-0.39, 0.29) is 5.60 Å². The van der Waals surface area contributed by atoms with Gasteiger partial charge in [0.05, 0.1) is 25.0 Å². The number of ether oxygens (including phenoxy) is 2. The first kappa shape index (κ1) is 16.8. The lowest BCUT2D eigenvalue weighted by Crippen LogP contribution is -2.45. The second kappa shape index (κ2) is 7.26. The van der Waals surface area contributed by atoms with Crippen molar-refractivity contribution in [2.75, 3.05) is 46.9 Å². The van der Waals surface area contributed by atoms with E-state index in [0.29, 0.717) is 12.7 Å². The monoisotopic (exact) mass is 319 g/mol. The molecule has 3 heterocycles. The third-order valence-corrected chi connectivity index (χ3v) is 4.67. The first-order valence-electron chi connectivity index (χ1n) is 8.60. The summed E-state index contributed by atoms with van der Waals surface area (Å²) in [6, 6.07) is 6.24. The molecule has 2 saturated heterocycles. The Hall–Kier alpha value is -1.01. The molecule has 2 aliphatic rings. The van der Waals surface area contributed by atoms with Crippen LogP contribution in [0.15, 0.2) is 18.2 Å². The second-order valence-corrected chi connectivity index (χ2v) is 7.26. The van der Waals surface area contributed by atoms with Gasteiger partial charge in [-0.2, -0.15) is 0 Å². The van der Waals surface area contributed by atoms with E-state index < -0.39 is 0 Å². The summed E-state index contributed by atoms with van der Waals surface area (Å²) in [4.78, 5) is 9.28. The fourth-order valence-electron chi connectivity index (χ4n) is 3.69. The quantitative estimate of drug-likeness (QED) is 0.844. The van der Waals surface area contributed by atoms with Gasteiger partial charge in [-0.25, -0.2) is 0 Å². The van der Waals surface area contributed by atoms with Crippen LogP contribution in [0.4, 0.5) is 0 Å². The number of hydrogen-bond acceptors (Lipinski definition) is 5. The minimum Gasteiger partial charge on any atom is -0.377 e. The highest BCUT2D eigenvalue weighted by molar-refractivity contribution is 5.10. The summed E-state index contributed by atoms with van der Waals surface area (Å²) in [5.41, 5.74) is 2.07. The van der Waals surface area contributed by atoms with Crippen LogP contribution in [0.5, 0.6) is 0 Å². The van der Waals surface area contributed by atoms with E-state index in [9.17, 15) is 0 Å². The standard InChI is InChI=1S/C18H29N3O2/c1-15-5-4-6-16(19-15)11-21-9-10-22-14-18(13-21)8-7-17(23-18)12-20(2)3/h4-6,17H,7-14H2,1-3H3/t17-,18+/m1/s1. The molecule has 3 rings (SSSR count).